The molecule has 0 radical (unpaired) electrons. The molecule has 2 saturated heterocycles. The maximum absolute atomic E-state index is 12.7. The van der Waals surface area contributed by atoms with E-state index in [1.807, 2.05) is 30.3 Å². The summed E-state index contributed by atoms with van der Waals surface area (Å²) in [6.07, 6.45) is 2.66. The summed E-state index contributed by atoms with van der Waals surface area (Å²) in [5.41, 5.74) is 2.67. The Labute approximate surface area is 169 Å². The first-order valence-electron chi connectivity index (χ1n) is 10.0. The minimum atomic E-state index is -0.383. The van der Waals surface area contributed by atoms with Crippen molar-refractivity contribution in [1.82, 2.24) is 0 Å². The molecule has 1 atom stereocenters. The molecule has 150 valence electrons. The second-order valence-corrected chi connectivity index (χ2v) is 7.67. The number of nitrogens with zero attached hydrogens (tertiary/aromatic N) is 2. The summed E-state index contributed by atoms with van der Waals surface area (Å²) in [5, 5.41) is 2.95. The second-order valence-electron chi connectivity index (χ2n) is 7.67. The number of fused-ring (bicyclic) bond motifs is 1. The zero-order chi connectivity index (χ0) is 19.8. The Morgan fingerprint density at radius 3 is 2.48 bits per heavy atom. The summed E-state index contributed by atoms with van der Waals surface area (Å²) in [5.74, 6) is 0.725. The molecule has 0 saturated carbocycles. The molecule has 3 heterocycles. The van der Waals surface area contributed by atoms with Crippen LogP contribution in [-0.2, 0) is 9.59 Å². The summed E-state index contributed by atoms with van der Waals surface area (Å²) < 4.78 is 10.7. The van der Waals surface area contributed by atoms with Crippen LogP contribution in [0.5, 0.6) is 11.5 Å². The standard InChI is InChI=1S/C22H23N3O4/c26-21-11-15(13-25(21)18-7-8-19-20(12-18)29-14-28-19)22(27)23-16-3-5-17(6-4-16)24-9-1-2-10-24/h3-8,12,15H,1-2,9-11,13-14H2,(H,23,27). The topological polar surface area (TPSA) is 71.1 Å². The van der Waals surface area contributed by atoms with E-state index in [1.54, 1.807) is 17.0 Å². The maximum Gasteiger partial charge on any atom is 0.231 e. The van der Waals surface area contributed by atoms with E-state index in [1.165, 1.54) is 18.5 Å². The number of rotatable bonds is 4. The van der Waals surface area contributed by atoms with Crippen LogP contribution in [0.15, 0.2) is 42.5 Å². The highest BCUT2D eigenvalue weighted by Gasteiger charge is 2.35. The zero-order valence-electron chi connectivity index (χ0n) is 16.1. The van der Waals surface area contributed by atoms with Crippen LogP contribution < -0.4 is 24.6 Å². The highest BCUT2D eigenvalue weighted by atomic mass is 16.7. The molecule has 2 amide bonds. The normalized spacial score (nSPS) is 20.4. The van der Waals surface area contributed by atoms with Crippen molar-refractivity contribution in [3.8, 4) is 11.5 Å². The smallest absolute Gasteiger partial charge is 0.231 e. The predicted octanol–water partition coefficient (Wildman–Crippen LogP) is 3.01. The van der Waals surface area contributed by atoms with E-state index >= 15 is 0 Å². The van der Waals surface area contributed by atoms with Crippen molar-refractivity contribution >= 4 is 28.9 Å². The van der Waals surface area contributed by atoms with Gasteiger partial charge in [0.1, 0.15) is 0 Å². The van der Waals surface area contributed by atoms with Crippen molar-refractivity contribution in [3.63, 3.8) is 0 Å². The molecule has 7 heteroatoms. The minimum Gasteiger partial charge on any atom is -0.454 e. The van der Waals surface area contributed by atoms with Crippen molar-refractivity contribution in [1.29, 1.82) is 0 Å². The summed E-state index contributed by atoms with van der Waals surface area (Å²) in [6.45, 7) is 2.72. The van der Waals surface area contributed by atoms with Gasteiger partial charge < -0.3 is 24.6 Å². The quantitative estimate of drug-likeness (QED) is 0.865. The Hall–Kier alpha value is -3.22. The molecular weight excluding hydrogens is 370 g/mol. The number of hydrogen-bond donors (Lipinski definition) is 1. The maximum atomic E-state index is 12.7. The second kappa shape index (κ2) is 7.31. The van der Waals surface area contributed by atoms with E-state index in [0.29, 0.717) is 18.0 Å². The average molecular weight is 393 g/mol. The molecule has 2 aromatic carbocycles. The molecule has 0 aliphatic carbocycles. The van der Waals surface area contributed by atoms with E-state index < -0.39 is 0 Å². The van der Waals surface area contributed by atoms with Crippen LogP contribution in [0.25, 0.3) is 0 Å². The number of carbonyl (C=O) groups excluding carboxylic acids is 2. The van der Waals surface area contributed by atoms with Crippen LogP contribution in [0.3, 0.4) is 0 Å². The largest absolute Gasteiger partial charge is 0.454 e. The summed E-state index contributed by atoms with van der Waals surface area (Å²) in [4.78, 5) is 29.2. The van der Waals surface area contributed by atoms with Crippen LogP contribution in [0.1, 0.15) is 19.3 Å². The average Bonchev–Trinajstić information content (AvgIpc) is 3.48. The zero-order valence-corrected chi connectivity index (χ0v) is 16.1. The Morgan fingerprint density at radius 1 is 0.966 bits per heavy atom. The van der Waals surface area contributed by atoms with Crippen molar-refractivity contribution in [2.45, 2.75) is 19.3 Å². The molecule has 1 unspecified atom stereocenters. The molecule has 0 bridgehead atoms. The lowest BCUT2D eigenvalue weighted by atomic mass is 10.1. The van der Waals surface area contributed by atoms with Crippen LogP contribution >= 0.6 is 0 Å². The van der Waals surface area contributed by atoms with Gasteiger partial charge in [0.05, 0.1) is 5.92 Å². The number of carbonyl (C=O) groups is 2. The van der Waals surface area contributed by atoms with Crippen molar-refractivity contribution in [2.75, 3.05) is 41.5 Å². The number of amides is 2. The number of hydrogen-bond acceptors (Lipinski definition) is 5. The number of anilines is 3. The third-order valence-corrected chi connectivity index (χ3v) is 5.77. The first kappa shape index (κ1) is 17.8. The fraction of sp³-hybridized carbons (Fsp3) is 0.364. The summed E-state index contributed by atoms with van der Waals surface area (Å²) in [6, 6.07) is 13.3. The first-order valence-corrected chi connectivity index (χ1v) is 10.0. The SMILES string of the molecule is O=C(Nc1ccc(N2CCCC2)cc1)C1CC(=O)N(c2ccc3c(c2)OCO3)C1. The predicted molar refractivity (Wildman–Crippen MR) is 110 cm³/mol. The lowest BCUT2D eigenvalue weighted by Crippen LogP contribution is -2.28. The third kappa shape index (κ3) is 3.48. The Bertz CT molecular complexity index is 938. The molecule has 0 spiro atoms. The van der Waals surface area contributed by atoms with Gasteiger partial charge in [-0.1, -0.05) is 0 Å². The molecule has 3 aliphatic rings. The van der Waals surface area contributed by atoms with Gasteiger partial charge in [0.25, 0.3) is 0 Å². The fourth-order valence-electron chi connectivity index (χ4n) is 4.16. The van der Waals surface area contributed by atoms with Gasteiger partial charge in [0, 0.05) is 49.2 Å². The van der Waals surface area contributed by atoms with Gasteiger partial charge in [0.15, 0.2) is 11.5 Å². The van der Waals surface area contributed by atoms with Gasteiger partial charge >= 0.3 is 0 Å². The molecule has 3 aliphatic heterocycles. The van der Waals surface area contributed by atoms with Crippen molar-refractivity contribution in [2.24, 2.45) is 5.92 Å². The van der Waals surface area contributed by atoms with Gasteiger partial charge in [-0.15, -0.1) is 0 Å². The number of ether oxygens (including phenoxy) is 2. The van der Waals surface area contributed by atoms with Crippen molar-refractivity contribution in [3.05, 3.63) is 42.5 Å². The molecule has 7 nitrogen and oxygen atoms in total. The molecule has 2 fully saturated rings. The van der Waals surface area contributed by atoms with Gasteiger partial charge in [0.2, 0.25) is 18.6 Å². The van der Waals surface area contributed by atoms with E-state index in [9.17, 15) is 9.59 Å². The van der Waals surface area contributed by atoms with Gasteiger partial charge in [-0.05, 0) is 49.2 Å². The highest BCUT2D eigenvalue weighted by Crippen LogP contribution is 2.37. The molecule has 1 N–H and O–H groups in total. The van der Waals surface area contributed by atoms with E-state index in [4.69, 9.17) is 9.47 Å². The monoisotopic (exact) mass is 393 g/mol. The minimum absolute atomic E-state index is 0.0617. The van der Waals surface area contributed by atoms with Crippen molar-refractivity contribution < 1.29 is 19.1 Å². The first-order chi connectivity index (χ1) is 14.2. The number of nitrogens with one attached hydrogen (secondary N) is 1. The number of benzene rings is 2. The summed E-state index contributed by atoms with van der Waals surface area (Å²) >= 11 is 0. The van der Waals surface area contributed by atoms with E-state index in [2.05, 4.69) is 10.2 Å². The molecule has 0 aromatic heterocycles. The van der Waals surface area contributed by atoms with E-state index in [0.717, 1.165) is 24.5 Å². The highest BCUT2D eigenvalue weighted by molar-refractivity contribution is 6.03. The summed E-state index contributed by atoms with van der Waals surface area (Å²) in [7, 11) is 0. The van der Waals surface area contributed by atoms with Gasteiger partial charge in [-0.2, -0.15) is 0 Å². The Kier molecular flexibility index (Phi) is 4.50. The van der Waals surface area contributed by atoms with Crippen LogP contribution in [0.4, 0.5) is 17.1 Å². The van der Waals surface area contributed by atoms with Crippen LogP contribution in [0, 0.1) is 5.92 Å². The van der Waals surface area contributed by atoms with Crippen LogP contribution in [0.2, 0.25) is 0 Å². The fourth-order valence-corrected chi connectivity index (χ4v) is 4.16. The van der Waals surface area contributed by atoms with E-state index in [-0.39, 0.29) is 30.9 Å². The molecule has 2 aromatic rings. The van der Waals surface area contributed by atoms with Gasteiger partial charge in [-0.25, -0.2) is 0 Å². The van der Waals surface area contributed by atoms with Gasteiger partial charge in [-0.3, -0.25) is 9.59 Å². The Morgan fingerprint density at radius 2 is 1.69 bits per heavy atom. The third-order valence-electron chi connectivity index (χ3n) is 5.77. The molecule has 29 heavy (non-hydrogen) atoms. The lowest BCUT2D eigenvalue weighted by Gasteiger charge is -2.18. The van der Waals surface area contributed by atoms with Crippen LogP contribution in [-0.4, -0.2) is 38.2 Å². The Balaban J connectivity index is 1.23. The lowest BCUT2D eigenvalue weighted by molar-refractivity contribution is -0.122. The molecule has 5 rings (SSSR count). The molecular formula is C22H23N3O4.